The van der Waals surface area contributed by atoms with Crippen molar-refractivity contribution in [1.29, 1.82) is 0 Å². The average molecular weight is 293 g/mol. The van der Waals surface area contributed by atoms with Crippen LogP contribution in [0, 0.1) is 5.82 Å². The van der Waals surface area contributed by atoms with Crippen molar-refractivity contribution in [2.24, 2.45) is 5.84 Å². The second-order valence-corrected chi connectivity index (χ2v) is 5.24. The van der Waals surface area contributed by atoms with E-state index in [0.717, 1.165) is 11.3 Å². The molecule has 0 aliphatic heterocycles. The molecule has 0 aliphatic rings. The van der Waals surface area contributed by atoms with Gasteiger partial charge in [0.15, 0.2) is 0 Å². The van der Waals surface area contributed by atoms with Crippen molar-refractivity contribution >= 4 is 22.9 Å². The summed E-state index contributed by atoms with van der Waals surface area (Å²) in [6, 6.07) is 8.09. The molecular formula is C14H16FN3OS. The zero-order valence-electron chi connectivity index (χ0n) is 11.0. The molecule has 6 heteroatoms. The molecule has 2 rings (SSSR count). The maximum absolute atomic E-state index is 13.6. The number of rotatable bonds is 5. The zero-order valence-corrected chi connectivity index (χ0v) is 11.8. The number of nitrogens with two attached hydrogens (primary N) is 1. The van der Waals surface area contributed by atoms with E-state index >= 15 is 0 Å². The molecule has 0 saturated carbocycles. The first-order valence-electron chi connectivity index (χ1n) is 6.26. The van der Waals surface area contributed by atoms with Crippen LogP contribution in [-0.2, 0) is 0 Å². The van der Waals surface area contributed by atoms with E-state index in [1.165, 1.54) is 18.2 Å². The molecule has 0 spiro atoms. The SMILES string of the molecule is CCC(NC(=O)c1cccc(F)c1NN)c1cccs1. The summed E-state index contributed by atoms with van der Waals surface area (Å²) < 4.78 is 13.6. The quantitative estimate of drug-likeness (QED) is 0.586. The van der Waals surface area contributed by atoms with Gasteiger partial charge in [-0.05, 0) is 30.0 Å². The van der Waals surface area contributed by atoms with Gasteiger partial charge in [0.1, 0.15) is 5.82 Å². The van der Waals surface area contributed by atoms with Crippen molar-refractivity contribution in [3.05, 3.63) is 52.0 Å². The molecule has 1 amide bonds. The summed E-state index contributed by atoms with van der Waals surface area (Å²) in [7, 11) is 0. The summed E-state index contributed by atoms with van der Waals surface area (Å²) in [6.07, 6.45) is 0.757. The van der Waals surface area contributed by atoms with Gasteiger partial charge in [-0.3, -0.25) is 10.6 Å². The molecule has 1 aromatic carbocycles. The van der Waals surface area contributed by atoms with Crippen LogP contribution >= 0.6 is 11.3 Å². The van der Waals surface area contributed by atoms with Gasteiger partial charge in [0, 0.05) is 4.88 Å². The molecule has 1 aromatic heterocycles. The molecule has 106 valence electrons. The molecule has 2 aromatic rings. The number of halogens is 1. The van der Waals surface area contributed by atoms with Gasteiger partial charge in [-0.1, -0.05) is 19.1 Å². The number of hydrogen-bond acceptors (Lipinski definition) is 4. The Bertz CT molecular complexity index is 586. The number of benzene rings is 1. The molecule has 0 fully saturated rings. The number of nitrogens with one attached hydrogen (secondary N) is 2. The van der Waals surface area contributed by atoms with E-state index in [1.807, 2.05) is 24.4 Å². The first kappa shape index (κ1) is 14.5. The first-order valence-corrected chi connectivity index (χ1v) is 7.14. The molecule has 1 atom stereocenters. The molecule has 0 radical (unpaired) electrons. The normalized spacial score (nSPS) is 11.9. The smallest absolute Gasteiger partial charge is 0.254 e. The minimum Gasteiger partial charge on any atom is -0.344 e. The van der Waals surface area contributed by atoms with Crippen LogP contribution in [0.2, 0.25) is 0 Å². The van der Waals surface area contributed by atoms with Gasteiger partial charge in [-0.25, -0.2) is 4.39 Å². The number of carbonyl (C=O) groups is 1. The highest BCUT2D eigenvalue weighted by Crippen LogP contribution is 2.24. The standard InChI is InChI=1S/C14H16FN3OS/c1-2-11(12-7-4-8-20-12)17-14(19)9-5-3-6-10(15)13(9)18-16/h3-8,11,18H,2,16H2,1H3,(H,17,19). The second-order valence-electron chi connectivity index (χ2n) is 4.26. The lowest BCUT2D eigenvalue weighted by atomic mass is 10.1. The van der Waals surface area contributed by atoms with Crippen molar-refractivity contribution in [3.63, 3.8) is 0 Å². The van der Waals surface area contributed by atoms with Gasteiger partial charge in [-0.15, -0.1) is 11.3 Å². The number of para-hydroxylation sites is 1. The summed E-state index contributed by atoms with van der Waals surface area (Å²) in [5.41, 5.74) is 2.44. The zero-order chi connectivity index (χ0) is 14.5. The van der Waals surface area contributed by atoms with Crippen LogP contribution in [0.3, 0.4) is 0 Å². The Labute approximate surface area is 120 Å². The lowest BCUT2D eigenvalue weighted by Gasteiger charge is -2.17. The van der Waals surface area contributed by atoms with Crippen LogP contribution in [0.4, 0.5) is 10.1 Å². The third-order valence-electron chi connectivity index (χ3n) is 3.00. The van der Waals surface area contributed by atoms with Crippen molar-refractivity contribution in [2.45, 2.75) is 19.4 Å². The summed E-state index contributed by atoms with van der Waals surface area (Å²) in [4.78, 5) is 13.3. The van der Waals surface area contributed by atoms with Crippen LogP contribution < -0.4 is 16.6 Å². The molecule has 0 aliphatic carbocycles. The summed E-state index contributed by atoms with van der Waals surface area (Å²) >= 11 is 1.58. The highest BCUT2D eigenvalue weighted by molar-refractivity contribution is 7.10. The Morgan fingerprint density at radius 1 is 1.40 bits per heavy atom. The lowest BCUT2D eigenvalue weighted by molar-refractivity contribution is 0.0936. The number of anilines is 1. The van der Waals surface area contributed by atoms with E-state index in [0.29, 0.717) is 0 Å². The number of thiophene rings is 1. The van der Waals surface area contributed by atoms with Crippen LogP contribution in [0.5, 0.6) is 0 Å². The molecule has 4 nitrogen and oxygen atoms in total. The Morgan fingerprint density at radius 2 is 2.20 bits per heavy atom. The van der Waals surface area contributed by atoms with Crippen molar-refractivity contribution in [2.75, 3.05) is 5.43 Å². The van der Waals surface area contributed by atoms with Crippen LogP contribution in [0.15, 0.2) is 35.7 Å². The van der Waals surface area contributed by atoms with Crippen LogP contribution in [-0.4, -0.2) is 5.91 Å². The van der Waals surface area contributed by atoms with Gasteiger partial charge < -0.3 is 10.7 Å². The largest absolute Gasteiger partial charge is 0.344 e. The van der Waals surface area contributed by atoms with Crippen molar-refractivity contribution in [3.8, 4) is 0 Å². The van der Waals surface area contributed by atoms with Gasteiger partial charge in [0.25, 0.3) is 5.91 Å². The fourth-order valence-electron chi connectivity index (χ4n) is 1.96. The minimum absolute atomic E-state index is 0.00559. The van der Waals surface area contributed by atoms with E-state index in [1.54, 1.807) is 11.3 Å². The summed E-state index contributed by atoms with van der Waals surface area (Å²) in [5, 5.41) is 4.85. The molecule has 20 heavy (non-hydrogen) atoms. The number of nitrogen functional groups attached to an aromatic ring is 1. The van der Waals surface area contributed by atoms with Crippen molar-refractivity contribution in [1.82, 2.24) is 5.32 Å². The lowest BCUT2D eigenvalue weighted by Crippen LogP contribution is -2.29. The van der Waals surface area contributed by atoms with Crippen molar-refractivity contribution < 1.29 is 9.18 Å². The third kappa shape index (κ3) is 2.97. The highest BCUT2D eigenvalue weighted by Gasteiger charge is 2.18. The Kier molecular flexibility index (Phi) is 4.70. The number of carbonyl (C=O) groups excluding carboxylic acids is 1. The number of hydrazine groups is 1. The monoisotopic (exact) mass is 293 g/mol. The predicted molar refractivity (Wildman–Crippen MR) is 79.0 cm³/mol. The van der Waals surface area contributed by atoms with E-state index < -0.39 is 5.82 Å². The molecule has 1 unspecified atom stereocenters. The third-order valence-corrected chi connectivity index (χ3v) is 3.99. The summed E-state index contributed by atoms with van der Waals surface area (Å²) in [5.74, 6) is 4.38. The molecule has 1 heterocycles. The van der Waals surface area contributed by atoms with Gasteiger partial charge in [0.2, 0.25) is 0 Å². The predicted octanol–water partition coefficient (Wildman–Crippen LogP) is 3.05. The van der Waals surface area contributed by atoms with Crippen LogP contribution in [0.1, 0.15) is 34.6 Å². The Hall–Kier alpha value is -1.92. The minimum atomic E-state index is -0.552. The van der Waals surface area contributed by atoms with E-state index in [2.05, 4.69) is 10.7 Å². The maximum atomic E-state index is 13.6. The molecule has 0 saturated heterocycles. The average Bonchev–Trinajstić information content (AvgIpc) is 2.98. The fourth-order valence-corrected chi connectivity index (χ4v) is 2.82. The van der Waals surface area contributed by atoms with Gasteiger partial charge in [0.05, 0.1) is 17.3 Å². The van der Waals surface area contributed by atoms with Gasteiger partial charge >= 0.3 is 0 Å². The number of amides is 1. The first-order chi connectivity index (χ1) is 9.67. The second kappa shape index (κ2) is 6.49. The van der Waals surface area contributed by atoms with Crippen LogP contribution in [0.25, 0.3) is 0 Å². The Balaban J connectivity index is 2.22. The van der Waals surface area contributed by atoms with E-state index in [-0.39, 0.29) is 23.2 Å². The maximum Gasteiger partial charge on any atom is 0.254 e. The highest BCUT2D eigenvalue weighted by atomic mass is 32.1. The number of hydrogen-bond donors (Lipinski definition) is 3. The van der Waals surface area contributed by atoms with E-state index in [9.17, 15) is 9.18 Å². The molecular weight excluding hydrogens is 277 g/mol. The molecule has 4 N–H and O–H groups in total. The summed E-state index contributed by atoms with van der Waals surface area (Å²) in [6.45, 7) is 1.98. The fraction of sp³-hybridized carbons (Fsp3) is 0.214. The Morgan fingerprint density at radius 3 is 2.80 bits per heavy atom. The van der Waals surface area contributed by atoms with Gasteiger partial charge in [-0.2, -0.15) is 0 Å². The van der Waals surface area contributed by atoms with E-state index in [4.69, 9.17) is 5.84 Å². The topological polar surface area (TPSA) is 67.2 Å². The molecule has 0 bridgehead atoms.